The van der Waals surface area contributed by atoms with Crippen molar-refractivity contribution in [2.45, 2.75) is 6.10 Å². The van der Waals surface area contributed by atoms with Crippen LogP contribution >= 0.6 is 0 Å². The molecule has 82 valence electrons. The summed E-state index contributed by atoms with van der Waals surface area (Å²) in [5.74, 6) is -0.371. The molecule has 1 atom stereocenters. The van der Waals surface area contributed by atoms with Crippen molar-refractivity contribution in [3.05, 3.63) is 35.4 Å². The number of rotatable bonds is 4. The zero-order valence-electron chi connectivity index (χ0n) is 8.86. The summed E-state index contributed by atoms with van der Waals surface area (Å²) in [5.41, 5.74) is 1.26. The van der Waals surface area contributed by atoms with E-state index in [1.165, 1.54) is 7.11 Å². The fourth-order valence-electron chi connectivity index (χ4n) is 1.27. The SMILES string of the molecule is CNCC(O)c1ccc(C(=O)OC)cc1. The summed E-state index contributed by atoms with van der Waals surface area (Å²) in [7, 11) is 3.11. The third-order valence-electron chi connectivity index (χ3n) is 2.11. The van der Waals surface area contributed by atoms with E-state index >= 15 is 0 Å². The number of carbonyl (C=O) groups is 1. The van der Waals surface area contributed by atoms with Gasteiger partial charge in [-0.2, -0.15) is 0 Å². The molecule has 1 unspecified atom stereocenters. The van der Waals surface area contributed by atoms with Crippen molar-refractivity contribution in [2.24, 2.45) is 0 Å². The third kappa shape index (κ3) is 3.04. The fraction of sp³-hybridized carbons (Fsp3) is 0.364. The molecule has 1 aromatic rings. The minimum absolute atomic E-state index is 0.371. The van der Waals surface area contributed by atoms with Crippen molar-refractivity contribution < 1.29 is 14.6 Å². The maximum Gasteiger partial charge on any atom is 0.337 e. The molecule has 15 heavy (non-hydrogen) atoms. The molecule has 4 heteroatoms. The Morgan fingerprint density at radius 3 is 2.53 bits per heavy atom. The maximum atomic E-state index is 11.1. The van der Waals surface area contributed by atoms with Gasteiger partial charge in [-0.1, -0.05) is 12.1 Å². The van der Waals surface area contributed by atoms with Crippen LogP contribution in [-0.2, 0) is 4.74 Å². The number of aliphatic hydroxyl groups is 1. The van der Waals surface area contributed by atoms with Gasteiger partial charge < -0.3 is 15.2 Å². The minimum atomic E-state index is -0.554. The summed E-state index contributed by atoms with van der Waals surface area (Å²) in [5, 5.41) is 12.5. The number of methoxy groups -OCH3 is 1. The van der Waals surface area contributed by atoms with Gasteiger partial charge in [0.1, 0.15) is 0 Å². The summed E-state index contributed by atoms with van der Waals surface area (Å²) in [6, 6.07) is 6.71. The van der Waals surface area contributed by atoms with Crippen molar-refractivity contribution in [3.8, 4) is 0 Å². The molecule has 0 bridgehead atoms. The number of likely N-dealkylation sites (N-methyl/N-ethyl adjacent to an activating group) is 1. The highest BCUT2D eigenvalue weighted by Crippen LogP contribution is 2.13. The second-order valence-corrected chi connectivity index (χ2v) is 3.19. The quantitative estimate of drug-likeness (QED) is 0.718. The first-order valence-electron chi connectivity index (χ1n) is 4.70. The van der Waals surface area contributed by atoms with E-state index in [-0.39, 0.29) is 5.97 Å². The smallest absolute Gasteiger partial charge is 0.337 e. The van der Waals surface area contributed by atoms with Gasteiger partial charge in [0.2, 0.25) is 0 Å². The number of ether oxygens (including phenoxy) is 1. The van der Waals surface area contributed by atoms with Gasteiger partial charge in [-0.3, -0.25) is 0 Å². The molecule has 0 aliphatic carbocycles. The van der Waals surface area contributed by atoms with Gasteiger partial charge in [0, 0.05) is 6.54 Å². The highest BCUT2D eigenvalue weighted by Gasteiger charge is 2.08. The molecule has 0 saturated heterocycles. The number of nitrogens with one attached hydrogen (secondary N) is 1. The molecular formula is C11H15NO3. The highest BCUT2D eigenvalue weighted by molar-refractivity contribution is 5.89. The summed E-state index contributed by atoms with van der Waals surface area (Å²) in [4.78, 5) is 11.1. The topological polar surface area (TPSA) is 58.6 Å². The van der Waals surface area contributed by atoms with E-state index in [0.29, 0.717) is 12.1 Å². The first-order valence-corrected chi connectivity index (χ1v) is 4.70. The van der Waals surface area contributed by atoms with Crippen LogP contribution in [-0.4, -0.2) is 31.8 Å². The van der Waals surface area contributed by atoms with E-state index in [4.69, 9.17) is 0 Å². The number of aliphatic hydroxyl groups excluding tert-OH is 1. The Kier molecular flexibility index (Phi) is 4.27. The average molecular weight is 209 g/mol. The van der Waals surface area contributed by atoms with Crippen LogP contribution in [0.3, 0.4) is 0 Å². The molecular weight excluding hydrogens is 194 g/mol. The lowest BCUT2D eigenvalue weighted by molar-refractivity contribution is 0.0600. The summed E-state index contributed by atoms with van der Waals surface area (Å²) < 4.78 is 4.57. The molecule has 4 nitrogen and oxygen atoms in total. The van der Waals surface area contributed by atoms with E-state index in [1.807, 2.05) is 0 Å². The molecule has 1 aromatic carbocycles. The fourth-order valence-corrected chi connectivity index (χ4v) is 1.27. The monoisotopic (exact) mass is 209 g/mol. The predicted molar refractivity (Wildman–Crippen MR) is 56.7 cm³/mol. The Labute approximate surface area is 88.9 Å². The molecule has 0 aromatic heterocycles. The Hall–Kier alpha value is -1.39. The summed E-state index contributed by atoms with van der Waals surface area (Å²) in [6.07, 6.45) is -0.554. The minimum Gasteiger partial charge on any atom is -0.465 e. The van der Waals surface area contributed by atoms with Gasteiger partial charge in [-0.15, -0.1) is 0 Å². The number of benzene rings is 1. The zero-order chi connectivity index (χ0) is 11.3. The van der Waals surface area contributed by atoms with E-state index in [9.17, 15) is 9.90 Å². The van der Waals surface area contributed by atoms with Gasteiger partial charge in [-0.05, 0) is 24.7 Å². The molecule has 1 rings (SSSR count). The second-order valence-electron chi connectivity index (χ2n) is 3.19. The van der Waals surface area contributed by atoms with E-state index in [0.717, 1.165) is 5.56 Å². The maximum absolute atomic E-state index is 11.1. The molecule has 0 fully saturated rings. The largest absolute Gasteiger partial charge is 0.465 e. The van der Waals surface area contributed by atoms with Gasteiger partial charge >= 0.3 is 5.97 Å². The molecule has 2 N–H and O–H groups in total. The van der Waals surface area contributed by atoms with Crippen molar-refractivity contribution in [2.75, 3.05) is 20.7 Å². The first kappa shape index (κ1) is 11.7. The number of carbonyl (C=O) groups excluding carboxylic acids is 1. The van der Waals surface area contributed by atoms with Crippen molar-refractivity contribution in [1.82, 2.24) is 5.32 Å². The molecule has 0 aliphatic rings. The first-order chi connectivity index (χ1) is 7.19. The lowest BCUT2D eigenvalue weighted by atomic mass is 10.1. The molecule has 0 saturated carbocycles. The number of hydrogen-bond donors (Lipinski definition) is 2. The molecule has 0 aliphatic heterocycles. The van der Waals surface area contributed by atoms with E-state index in [1.54, 1.807) is 31.3 Å². The Morgan fingerprint density at radius 2 is 2.07 bits per heavy atom. The van der Waals surface area contributed by atoms with Crippen LogP contribution in [0.25, 0.3) is 0 Å². The Balaban J connectivity index is 2.76. The Morgan fingerprint density at radius 1 is 1.47 bits per heavy atom. The summed E-state index contributed by atoms with van der Waals surface area (Å²) in [6.45, 7) is 0.484. The van der Waals surface area contributed by atoms with Crippen LogP contribution in [0.4, 0.5) is 0 Å². The van der Waals surface area contributed by atoms with Crippen LogP contribution in [0.1, 0.15) is 22.0 Å². The molecule has 0 amide bonds. The van der Waals surface area contributed by atoms with Crippen LogP contribution in [0, 0.1) is 0 Å². The van der Waals surface area contributed by atoms with Crippen molar-refractivity contribution >= 4 is 5.97 Å². The molecule has 0 spiro atoms. The van der Waals surface area contributed by atoms with Crippen LogP contribution in [0.15, 0.2) is 24.3 Å². The average Bonchev–Trinajstić information content (AvgIpc) is 2.28. The van der Waals surface area contributed by atoms with Crippen LogP contribution in [0.2, 0.25) is 0 Å². The van der Waals surface area contributed by atoms with Gasteiger partial charge in [0.25, 0.3) is 0 Å². The van der Waals surface area contributed by atoms with E-state index in [2.05, 4.69) is 10.1 Å². The van der Waals surface area contributed by atoms with Gasteiger partial charge in [0.05, 0.1) is 18.8 Å². The van der Waals surface area contributed by atoms with Gasteiger partial charge in [0.15, 0.2) is 0 Å². The highest BCUT2D eigenvalue weighted by atomic mass is 16.5. The lowest BCUT2D eigenvalue weighted by Crippen LogP contribution is -2.16. The standard InChI is InChI=1S/C11H15NO3/c1-12-7-10(13)8-3-5-9(6-4-8)11(14)15-2/h3-6,10,12-13H,7H2,1-2H3. The number of hydrogen-bond acceptors (Lipinski definition) is 4. The third-order valence-corrected chi connectivity index (χ3v) is 2.11. The van der Waals surface area contributed by atoms with Crippen LogP contribution < -0.4 is 5.32 Å². The number of esters is 1. The zero-order valence-corrected chi connectivity index (χ0v) is 8.86. The molecule has 0 heterocycles. The lowest BCUT2D eigenvalue weighted by Gasteiger charge is -2.10. The normalized spacial score (nSPS) is 12.2. The molecule has 0 radical (unpaired) electrons. The second kappa shape index (κ2) is 5.48. The van der Waals surface area contributed by atoms with Crippen molar-refractivity contribution in [3.63, 3.8) is 0 Å². The Bertz CT molecular complexity index is 321. The van der Waals surface area contributed by atoms with Gasteiger partial charge in [-0.25, -0.2) is 4.79 Å². The predicted octanol–water partition coefficient (Wildman–Crippen LogP) is 0.726. The summed E-state index contributed by atoms with van der Waals surface area (Å²) >= 11 is 0. The van der Waals surface area contributed by atoms with Crippen LogP contribution in [0.5, 0.6) is 0 Å². The van der Waals surface area contributed by atoms with Crippen molar-refractivity contribution in [1.29, 1.82) is 0 Å². The van der Waals surface area contributed by atoms with E-state index < -0.39 is 6.10 Å².